The second kappa shape index (κ2) is 7.90. The van der Waals surface area contributed by atoms with E-state index in [1.807, 2.05) is 12.1 Å². The highest BCUT2D eigenvalue weighted by Gasteiger charge is 2.27. The number of rotatable bonds is 5. The molecule has 0 radical (unpaired) electrons. The van der Waals surface area contributed by atoms with Crippen LogP contribution in [0.25, 0.3) is 0 Å². The number of esters is 2. The molecule has 124 valence electrons. The van der Waals surface area contributed by atoms with E-state index in [2.05, 4.69) is 6.58 Å². The molecule has 0 spiro atoms. The number of anilines is 1. The van der Waals surface area contributed by atoms with Gasteiger partial charge in [-0.25, -0.2) is 4.79 Å². The van der Waals surface area contributed by atoms with Crippen molar-refractivity contribution in [3.63, 3.8) is 0 Å². The second-order valence-corrected chi connectivity index (χ2v) is 6.08. The monoisotopic (exact) mass is 364 g/mol. The van der Waals surface area contributed by atoms with Gasteiger partial charge in [0.05, 0.1) is 12.1 Å². The number of fused-ring (bicyclic) bond motifs is 1. The number of nitriles is 1. The smallest absolute Gasteiger partial charge is 0.330 e. The summed E-state index contributed by atoms with van der Waals surface area (Å²) in [6, 6.07) is 7.22. The van der Waals surface area contributed by atoms with Crippen LogP contribution in [0.3, 0.4) is 0 Å². The van der Waals surface area contributed by atoms with Crippen LogP contribution in [0.15, 0.2) is 46.5 Å². The molecule has 1 heterocycles. The first kappa shape index (κ1) is 17.9. The van der Waals surface area contributed by atoms with Gasteiger partial charge < -0.3 is 14.4 Å². The summed E-state index contributed by atoms with van der Waals surface area (Å²) in [5.74, 6) is -1.41. The second-order valence-electron chi connectivity index (χ2n) is 4.61. The number of carbonyl (C=O) groups excluding carboxylic acids is 2. The highest BCUT2D eigenvalue weighted by molar-refractivity contribution is 8.03. The van der Waals surface area contributed by atoms with Crippen LogP contribution in [0, 0.1) is 11.3 Å². The molecule has 1 aromatic carbocycles. The molecule has 0 unspecified atom stereocenters. The van der Waals surface area contributed by atoms with Crippen LogP contribution in [-0.4, -0.2) is 25.6 Å². The third-order valence-electron chi connectivity index (χ3n) is 3.02. The third kappa shape index (κ3) is 4.10. The van der Waals surface area contributed by atoms with Crippen molar-refractivity contribution < 1.29 is 19.1 Å². The number of thioether (sulfide) groups is 1. The Bertz CT molecular complexity index is 770. The maximum atomic E-state index is 11.8. The van der Waals surface area contributed by atoms with E-state index in [4.69, 9.17) is 21.1 Å². The molecule has 1 aliphatic heterocycles. The predicted octanol–water partition coefficient (Wildman–Crippen LogP) is 3.24. The molecule has 0 N–H and O–H groups in total. The molecule has 0 saturated carbocycles. The molecule has 24 heavy (non-hydrogen) atoms. The molecular formula is C16H13ClN2O4S. The number of allylic oxidation sites excluding steroid dienone is 1. The summed E-state index contributed by atoms with van der Waals surface area (Å²) in [6.07, 6.45) is 0.839. The van der Waals surface area contributed by atoms with Gasteiger partial charge in [-0.05, 0) is 18.2 Å². The summed E-state index contributed by atoms with van der Waals surface area (Å²) < 4.78 is 9.80. The normalized spacial score (nSPS) is 14.5. The largest absolute Gasteiger partial charge is 0.462 e. The van der Waals surface area contributed by atoms with Crippen molar-refractivity contribution in [2.45, 2.75) is 11.3 Å². The molecule has 8 heteroatoms. The lowest BCUT2D eigenvalue weighted by molar-refractivity contribution is -0.143. The number of nitrogens with zero attached hydrogens (tertiary/aromatic N) is 2. The zero-order chi connectivity index (χ0) is 17.7. The Hall–Kier alpha value is -2.43. The van der Waals surface area contributed by atoms with Gasteiger partial charge in [-0.1, -0.05) is 29.9 Å². The van der Waals surface area contributed by atoms with Gasteiger partial charge >= 0.3 is 11.9 Å². The summed E-state index contributed by atoms with van der Waals surface area (Å²) in [4.78, 5) is 25.3. The number of ether oxygens (including phenoxy) is 2. The van der Waals surface area contributed by atoms with Crippen molar-refractivity contribution in [3.8, 4) is 6.07 Å². The lowest BCUT2D eigenvalue weighted by Crippen LogP contribution is -2.15. The average Bonchev–Trinajstić information content (AvgIpc) is 2.88. The highest BCUT2D eigenvalue weighted by Crippen LogP contribution is 2.47. The fourth-order valence-electron chi connectivity index (χ4n) is 1.90. The number of halogens is 1. The van der Waals surface area contributed by atoms with Crippen LogP contribution in [0.4, 0.5) is 5.69 Å². The number of hydrogen-bond donors (Lipinski definition) is 0. The topological polar surface area (TPSA) is 79.6 Å². The summed E-state index contributed by atoms with van der Waals surface area (Å²) in [6.45, 7) is 3.11. The fourth-order valence-corrected chi connectivity index (χ4v) is 3.26. The standard InChI is InChI=1S/C16H13ClN2O4S/c1-3-14(20)22-7-6-15(21)23-12(9-18)16-19(2)11-5-4-10(17)8-13(11)24-16/h3-5,8H,1,6-7H2,2H3/b16-12-. The lowest BCUT2D eigenvalue weighted by atomic mass is 10.3. The maximum absolute atomic E-state index is 11.8. The van der Waals surface area contributed by atoms with Gasteiger partial charge in [0.2, 0.25) is 5.76 Å². The fraction of sp³-hybridized carbons (Fsp3) is 0.188. The van der Waals surface area contributed by atoms with Crippen LogP contribution in [-0.2, 0) is 19.1 Å². The molecule has 6 nitrogen and oxygen atoms in total. The summed E-state index contributed by atoms with van der Waals surface area (Å²) >= 11 is 7.25. The van der Waals surface area contributed by atoms with Crippen LogP contribution in [0.1, 0.15) is 6.42 Å². The van der Waals surface area contributed by atoms with Gasteiger partial charge in [-0.15, -0.1) is 0 Å². The van der Waals surface area contributed by atoms with Crippen LogP contribution < -0.4 is 4.90 Å². The van der Waals surface area contributed by atoms with Crippen molar-refractivity contribution in [3.05, 3.63) is 46.7 Å². The summed E-state index contributed by atoms with van der Waals surface area (Å²) in [5, 5.41) is 10.4. The average molecular weight is 365 g/mol. The third-order valence-corrected chi connectivity index (χ3v) is 4.46. The van der Waals surface area contributed by atoms with Gasteiger partial charge in [0, 0.05) is 23.0 Å². The zero-order valence-electron chi connectivity index (χ0n) is 12.7. The first-order chi connectivity index (χ1) is 11.5. The quantitative estimate of drug-likeness (QED) is 0.343. The Morgan fingerprint density at radius 3 is 2.92 bits per heavy atom. The number of hydrogen-bond acceptors (Lipinski definition) is 7. The molecule has 0 fully saturated rings. The molecule has 1 aliphatic rings. The number of benzene rings is 1. The van der Waals surface area contributed by atoms with E-state index in [0.29, 0.717) is 10.1 Å². The molecule has 0 saturated heterocycles. The Morgan fingerprint density at radius 2 is 2.25 bits per heavy atom. The zero-order valence-corrected chi connectivity index (χ0v) is 14.3. The van der Waals surface area contributed by atoms with Crippen LogP contribution in [0.5, 0.6) is 0 Å². The molecule has 0 aliphatic carbocycles. The van der Waals surface area contributed by atoms with Gasteiger partial charge in [0.1, 0.15) is 17.7 Å². The SMILES string of the molecule is C=CC(=O)OCCC(=O)O/C(C#N)=C1\Sc2cc(Cl)ccc2N1C. The first-order valence-electron chi connectivity index (χ1n) is 6.81. The van der Waals surface area contributed by atoms with Crippen molar-refractivity contribution in [2.24, 2.45) is 0 Å². The Labute approximate surface area is 148 Å². The Balaban J connectivity index is 2.07. The lowest BCUT2D eigenvalue weighted by Gasteiger charge is -2.14. The van der Waals surface area contributed by atoms with E-state index >= 15 is 0 Å². The molecule has 0 amide bonds. The highest BCUT2D eigenvalue weighted by atomic mass is 35.5. The van der Waals surface area contributed by atoms with E-state index in [1.165, 1.54) is 11.8 Å². The van der Waals surface area contributed by atoms with E-state index in [9.17, 15) is 14.9 Å². The predicted molar refractivity (Wildman–Crippen MR) is 90.2 cm³/mol. The van der Waals surface area contributed by atoms with E-state index < -0.39 is 11.9 Å². The number of carbonyl (C=O) groups is 2. The molecular weight excluding hydrogens is 352 g/mol. The molecule has 0 aromatic heterocycles. The van der Waals surface area contributed by atoms with Crippen molar-refractivity contribution in [1.29, 1.82) is 5.26 Å². The minimum atomic E-state index is -0.668. The maximum Gasteiger partial charge on any atom is 0.330 e. The van der Waals surface area contributed by atoms with Gasteiger partial charge in [0.25, 0.3) is 0 Å². The van der Waals surface area contributed by atoms with E-state index in [0.717, 1.165) is 16.7 Å². The Kier molecular flexibility index (Phi) is 5.90. The van der Waals surface area contributed by atoms with Crippen LogP contribution >= 0.6 is 23.4 Å². The molecule has 0 bridgehead atoms. The Morgan fingerprint density at radius 1 is 1.50 bits per heavy atom. The molecule has 0 atom stereocenters. The van der Waals surface area contributed by atoms with Crippen LogP contribution in [0.2, 0.25) is 5.02 Å². The minimum Gasteiger partial charge on any atom is -0.462 e. The van der Waals surface area contributed by atoms with Gasteiger partial charge in [-0.2, -0.15) is 5.26 Å². The summed E-state index contributed by atoms with van der Waals surface area (Å²) in [5.41, 5.74) is 0.864. The van der Waals surface area contributed by atoms with Crippen molar-refractivity contribution >= 4 is 41.0 Å². The van der Waals surface area contributed by atoms with Gasteiger partial charge in [-0.3, -0.25) is 4.79 Å². The first-order valence-corrected chi connectivity index (χ1v) is 8.01. The molecule has 2 rings (SSSR count). The van der Waals surface area contributed by atoms with Crippen molar-refractivity contribution in [2.75, 3.05) is 18.6 Å². The summed E-state index contributed by atoms with van der Waals surface area (Å²) in [7, 11) is 1.76. The van der Waals surface area contributed by atoms with E-state index in [1.54, 1.807) is 24.1 Å². The van der Waals surface area contributed by atoms with E-state index in [-0.39, 0.29) is 18.8 Å². The molecule has 1 aromatic rings. The van der Waals surface area contributed by atoms with Gasteiger partial charge in [0.15, 0.2) is 0 Å². The minimum absolute atomic E-state index is 0.116. The van der Waals surface area contributed by atoms with Crippen molar-refractivity contribution in [1.82, 2.24) is 0 Å².